The lowest BCUT2D eigenvalue weighted by atomic mass is 10.1. The van der Waals surface area contributed by atoms with E-state index in [9.17, 15) is 9.59 Å². The van der Waals surface area contributed by atoms with Crippen molar-refractivity contribution in [2.75, 3.05) is 12.4 Å². The summed E-state index contributed by atoms with van der Waals surface area (Å²) >= 11 is 6.36. The Hall–Kier alpha value is -2.03. The summed E-state index contributed by atoms with van der Waals surface area (Å²) < 4.78 is 5.66. The third-order valence-corrected chi connectivity index (χ3v) is 5.52. The van der Waals surface area contributed by atoms with Gasteiger partial charge in [0.25, 0.3) is 5.91 Å². The van der Waals surface area contributed by atoms with Crippen LogP contribution in [0.4, 0.5) is 5.13 Å². The van der Waals surface area contributed by atoms with Crippen LogP contribution in [0.1, 0.15) is 20.7 Å². The summed E-state index contributed by atoms with van der Waals surface area (Å²) in [6.07, 6.45) is 0. The fraction of sp³-hybridized carbons (Fsp3) is 0.0625. The van der Waals surface area contributed by atoms with Gasteiger partial charge in [-0.1, -0.05) is 0 Å². The smallest absolute Gasteiger partial charge is 0.337 e. The van der Waals surface area contributed by atoms with Crippen molar-refractivity contribution in [3.8, 4) is 10.6 Å². The van der Waals surface area contributed by atoms with Gasteiger partial charge in [-0.3, -0.25) is 10.1 Å². The molecule has 2 aromatic heterocycles. The van der Waals surface area contributed by atoms with Gasteiger partial charge in [0.05, 0.1) is 27.0 Å². The molecule has 0 saturated carbocycles. The first kappa shape index (κ1) is 16.8. The first-order valence-electron chi connectivity index (χ1n) is 6.78. The zero-order chi connectivity index (χ0) is 17.1. The third kappa shape index (κ3) is 3.72. The quantitative estimate of drug-likeness (QED) is 0.620. The first-order chi connectivity index (χ1) is 11.6. The fourth-order valence-corrected chi connectivity index (χ4v) is 4.07. The number of carbonyl (C=O) groups is 2. The number of hydrogen-bond donors (Lipinski definition) is 1. The number of hydrogen-bond acceptors (Lipinski definition) is 6. The number of amides is 1. The normalized spacial score (nSPS) is 10.4. The highest BCUT2D eigenvalue weighted by Gasteiger charge is 2.12. The maximum absolute atomic E-state index is 12.2. The van der Waals surface area contributed by atoms with Crippen LogP contribution >= 0.6 is 38.6 Å². The predicted molar refractivity (Wildman–Crippen MR) is 98.9 cm³/mol. The van der Waals surface area contributed by atoms with Crippen LogP contribution in [-0.4, -0.2) is 24.0 Å². The van der Waals surface area contributed by atoms with E-state index in [1.165, 1.54) is 18.4 Å². The van der Waals surface area contributed by atoms with Gasteiger partial charge in [-0.2, -0.15) is 0 Å². The number of methoxy groups -OCH3 is 1. The number of nitrogens with zero attached hydrogens (tertiary/aromatic N) is 1. The molecule has 0 bridgehead atoms. The van der Waals surface area contributed by atoms with E-state index in [-0.39, 0.29) is 5.91 Å². The number of thiazole rings is 1. The Kier molecular flexibility index (Phi) is 5.08. The molecule has 0 radical (unpaired) electrons. The van der Waals surface area contributed by atoms with Gasteiger partial charge in [0.15, 0.2) is 5.13 Å². The van der Waals surface area contributed by atoms with Crippen molar-refractivity contribution in [1.29, 1.82) is 0 Å². The van der Waals surface area contributed by atoms with Gasteiger partial charge in [-0.15, -0.1) is 22.7 Å². The van der Waals surface area contributed by atoms with E-state index in [4.69, 9.17) is 0 Å². The second kappa shape index (κ2) is 7.25. The molecular formula is C16H11BrN2O3S2. The van der Waals surface area contributed by atoms with Gasteiger partial charge < -0.3 is 4.74 Å². The third-order valence-electron chi connectivity index (χ3n) is 3.12. The average Bonchev–Trinajstić information content (AvgIpc) is 3.23. The summed E-state index contributed by atoms with van der Waals surface area (Å²) in [5, 5.41) is 5.18. The highest BCUT2D eigenvalue weighted by Crippen LogP contribution is 2.33. The van der Waals surface area contributed by atoms with Crippen LogP contribution in [0.5, 0.6) is 0 Å². The average molecular weight is 423 g/mol. The molecule has 1 aromatic carbocycles. The predicted octanol–water partition coefficient (Wildman–Crippen LogP) is 4.67. The monoisotopic (exact) mass is 422 g/mol. The minimum atomic E-state index is -0.436. The molecule has 3 aromatic rings. The van der Waals surface area contributed by atoms with Crippen molar-refractivity contribution in [3.63, 3.8) is 0 Å². The second-order valence-corrected chi connectivity index (χ2v) is 7.99. The van der Waals surface area contributed by atoms with Gasteiger partial charge in [-0.05, 0) is 52.3 Å². The summed E-state index contributed by atoms with van der Waals surface area (Å²) in [7, 11) is 1.31. The van der Waals surface area contributed by atoms with Gasteiger partial charge in [0, 0.05) is 10.9 Å². The Balaban J connectivity index is 1.71. The first-order valence-corrected chi connectivity index (χ1v) is 9.26. The SMILES string of the molecule is COC(=O)c1ccc(C(=O)Nc2nc(-c3ccc(Br)s3)cs2)cc1. The van der Waals surface area contributed by atoms with Crippen molar-refractivity contribution in [2.45, 2.75) is 0 Å². The minimum Gasteiger partial charge on any atom is -0.465 e. The summed E-state index contributed by atoms with van der Waals surface area (Å²) in [6.45, 7) is 0. The number of rotatable bonds is 4. The number of nitrogens with one attached hydrogen (secondary N) is 1. The van der Waals surface area contributed by atoms with E-state index in [1.807, 2.05) is 17.5 Å². The van der Waals surface area contributed by atoms with Crippen LogP contribution in [0.15, 0.2) is 45.6 Å². The van der Waals surface area contributed by atoms with Crippen LogP contribution in [0.2, 0.25) is 0 Å². The molecule has 0 unspecified atom stereocenters. The van der Waals surface area contributed by atoms with Crippen LogP contribution in [0.25, 0.3) is 10.6 Å². The zero-order valence-corrected chi connectivity index (χ0v) is 15.6. The molecular weight excluding hydrogens is 412 g/mol. The number of thiophene rings is 1. The number of anilines is 1. The van der Waals surface area contributed by atoms with Crippen LogP contribution in [0.3, 0.4) is 0 Å². The van der Waals surface area contributed by atoms with Crippen LogP contribution in [0, 0.1) is 0 Å². The number of ether oxygens (including phenoxy) is 1. The Morgan fingerprint density at radius 1 is 1.12 bits per heavy atom. The van der Waals surface area contributed by atoms with Crippen molar-refractivity contribution < 1.29 is 14.3 Å². The highest BCUT2D eigenvalue weighted by molar-refractivity contribution is 9.11. The molecule has 0 atom stereocenters. The molecule has 0 spiro atoms. The van der Waals surface area contributed by atoms with Gasteiger partial charge >= 0.3 is 5.97 Å². The second-order valence-electron chi connectivity index (χ2n) is 4.66. The fourth-order valence-electron chi connectivity index (χ4n) is 1.94. The number of halogens is 1. The van der Waals surface area contributed by atoms with E-state index < -0.39 is 5.97 Å². The van der Waals surface area contributed by atoms with Crippen LogP contribution < -0.4 is 5.32 Å². The van der Waals surface area contributed by atoms with E-state index >= 15 is 0 Å². The largest absolute Gasteiger partial charge is 0.465 e. The molecule has 5 nitrogen and oxygen atoms in total. The summed E-state index contributed by atoms with van der Waals surface area (Å²) in [4.78, 5) is 29.1. The lowest BCUT2D eigenvalue weighted by Crippen LogP contribution is -2.12. The summed E-state index contributed by atoms with van der Waals surface area (Å²) in [6, 6.07) is 10.2. The summed E-state index contributed by atoms with van der Waals surface area (Å²) in [5.74, 6) is -0.715. The van der Waals surface area contributed by atoms with Crippen molar-refractivity contribution in [1.82, 2.24) is 4.98 Å². The Morgan fingerprint density at radius 3 is 2.46 bits per heavy atom. The van der Waals surface area contributed by atoms with E-state index in [0.717, 1.165) is 14.4 Å². The molecule has 0 aliphatic heterocycles. The molecule has 0 fully saturated rings. The maximum atomic E-state index is 12.2. The molecule has 1 N–H and O–H groups in total. The molecule has 2 heterocycles. The topological polar surface area (TPSA) is 68.3 Å². The van der Waals surface area contributed by atoms with E-state index in [1.54, 1.807) is 35.6 Å². The van der Waals surface area contributed by atoms with Crippen LogP contribution in [-0.2, 0) is 4.74 Å². The molecule has 122 valence electrons. The lowest BCUT2D eigenvalue weighted by Gasteiger charge is -2.03. The van der Waals surface area contributed by atoms with Gasteiger partial charge in [0.1, 0.15) is 0 Å². The zero-order valence-electron chi connectivity index (χ0n) is 12.4. The molecule has 0 saturated heterocycles. The molecule has 1 amide bonds. The number of benzene rings is 1. The summed E-state index contributed by atoms with van der Waals surface area (Å²) in [5.41, 5.74) is 1.67. The van der Waals surface area contributed by atoms with E-state index in [0.29, 0.717) is 16.3 Å². The van der Waals surface area contributed by atoms with Gasteiger partial charge in [-0.25, -0.2) is 9.78 Å². The van der Waals surface area contributed by atoms with Crippen molar-refractivity contribution in [3.05, 3.63) is 56.7 Å². The maximum Gasteiger partial charge on any atom is 0.337 e. The number of carbonyl (C=O) groups excluding carboxylic acids is 2. The number of aromatic nitrogens is 1. The van der Waals surface area contributed by atoms with Crippen molar-refractivity contribution >= 4 is 55.6 Å². The molecule has 8 heteroatoms. The lowest BCUT2D eigenvalue weighted by molar-refractivity contribution is 0.0600. The van der Waals surface area contributed by atoms with Gasteiger partial charge in [0.2, 0.25) is 0 Å². The molecule has 3 rings (SSSR count). The van der Waals surface area contributed by atoms with Crippen molar-refractivity contribution in [2.24, 2.45) is 0 Å². The Labute approximate surface area is 154 Å². The van der Waals surface area contributed by atoms with E-state index in [2.05, 4.69) is 31.0 Å². The molecule has 0 aliphatic carbocycles. The molecule has 0 aliphatic rings. The standard InChI is InChI=1S/C16H11BrN2O3S2/c1-22-15(21)10-4-2-9(3-5-10)14(20)19-16-18-11(8-23-16)12-6-7-13(17)24-12/h2-8H,1H3,(H,18,19,20). The molecule has 24 heavy (non-hydrogen) atoms. The Bertz CT molecular complexity index is 887. The highest BCUT2D eigenvalue weighted by atomic mass is 79.9. The minimum absolute atomic E-state index is 0.278. The number of esters is 1. The Morgan fingerprint density at radius 2 is 1.83 bits per heavy atom.